The maximum Gasteiger partial charge on any atom is 0.417 e. The van der Waals surface area contributed by atoms with Crippen molar-refractivity contribution < 1.29 is 31.3 Å². The lowest BCUT2D eigenvalue weighted by atomic mass is 10.0. The van der Waals surface area contributed by atoms with Gasteiger partial charge in [0.2, 0.25) is 0 Å². The second-order valence-corrected chi connectivity index (χ2v) is 7.64. The standard InChI is InChI=1S/C21H16F4N4O2S/c1-20(2)18(31)28(12-5-4-11(10-26)15(9-12)21(23,24)25)19(32)29(20)13-6-7-16(22)14(8-13)17(30)27-3/h4-9H,1-3H3,(H,27,30)/i3D3. The zero-order valence-electron chi connectivity index (χ0n) is 19.5. The van der Waals surface area contributed by atoms with Crippen molar-refractivity contribution in [3.8, 4) is 6.07 Å². The van der Waals surface area contributed by atoms with Crippen molar-refractivity contribution >= 4 is 40.5 Å². The van der Waals surface area contributed by atoms with Crippen LogP contribution in [0.2, 0.25) is 0 Å². The summed E-state index contributed by atoms with van der Waals surface area (Å²) in [7, 11) is 0. The summed E-state index contributed by atoms with van der Waals surface area (Å²) in [4.78, 5) is 27.5. The van der Waals surface area contributed by atoms with E-state index in [0.717, 1.165) is 29.2 Å². The molecular weight excluding hydrogens is 448 g/mol. The molecule has 1 heterocycles. The normalized spacial score (nSPS) is 17.5. The first-order chi connectivity index (χ1) is 16.0. The zero-order valence-corrected chi connectivity index (χ0v) is 17.4. The Bertz CT molecular complexity index is 1290. The van der Waals surface area contributed by atoms with Gasteiger partial charge in [0, 0.05) is 16.8 Å². The van der Waals surface area contributed by atoms with Crippen LogP contribution < -0.4 is 15.1 Å². The second kappa shape index (κ2) is 7.87. The minimum atomic E-state index is -4.87. The van der Waals surface area contributed by atoms with Crippen molar-refractivity contribution in [3.63, 3.8) is 0 Å². The molecule has 2 aromatic carbocycles. The van der Waals surface area contributed by atoms with Gasteiger partial charge in [-0.05, 0) is 62.5 Å². The molecule has 1 aliphatic heterocycles. The fraction of sp³-hybridized carbons (Fsp3) is 0.238. The summed E-state index contributed by atoms with van der Waals surface area (Å²) in [5.41, 5.74) is -4.24. The molecule has 166 valence electrons. The fourth-order valence-electron chi connectivity index (χ4n) is 3.35. The Labute approximate surface area is 190 Å². The van der Waals surface area contributed by atoms with Crippen LogP contribution in [-0.4, -0.2) is 29.4 Å². The van der Waals surface area contributed by atoms with Crippen LogP contribution in [0.4, 0.5) is 28.9 Å². The van der Waals surface area contributed by atoms with Crippen LogP contribution in [0.5, 0.6) is 0 Å². The van der Waals surface area contributed by atoms with Gasteiger partial charge in [-0.1, -0.05) is 0 Å². The molecule has 2 aromatic rings. The number of nitrogens with zero attached hydrogens (tertiary/aromatic N) is 3. The maximum absolute atomic E-state index is 14.3. The van der Waals surface area contributed by atoms with E-state index in [4.69, 9.17) is 21.6 Å². The van der Waals surface area contributed by atoms with Gasteiger partial charge in [0.05, 0.1) is 28.4 Å². The number of carbonyl (C=O) groups is 2. The molecule has 1 fully saturated rings. The number of alkyl halides is 3. The number of benzene rings is 2. The Hall–Kier alpha value is -3.52. The minimum absolute atomic E-state index is 0.0256. The third-order valence-electron chi connectivity index (χ3n) is 4.92. The van der Waals surface area contributed by atoms with Crippen LogP contribution in [0.15, 0.2) is 36.4 Å². The van der Waals surface area contributed by atoms with Gasteiger partial charge in [0.1, 0.15) is 11.4 Å². The number of anilines is 2. The quantitative estimate of drug-likeness (QED) is 0.546. The highest BCUT2D eigenvalue weighted by Crippen LogP contribution is 2.39. The smallest absolute Gasteiger partial charge is 0.355 e. The molecule has 0 radical (unpaired) electrons. The number of amides is 2. The highest BCUT2D eigenvalue weighted by Gasteiger charge is 2.50. The van der Waals surface area contributed by atoms with Gasteiger partial charge in [-0.2, -0.15) is 18.4 Å². The number of nitriles is 1. The Kier molecular flexibility index (Phi) is 4.72. The predicted octanol–water partition coefficient (Wildman–Crippen LogP) is 3.99. The molecule has 0 atom stereocenters. The molecule has 1 N–H and O–H groups in total. The molecule has 1 aliphatic rings. The Morgan fingerprint density at radius 3 is 2.47 bits per heavy atom. The molecule has 0 saturated carbocycles. The molecule has 0 unspecified atom stereocenters. The van der Waals surface area contributed by atoms with Gasteiger partial charge in [-0.3, -0.25) is 14.5 Å². The zero-order chi connectivity index (χ0) is 26.5. The molecule has 0 aliphatic carbocycles. The number of hydrogen-bond donors (Lipinski definition) is 1. The lowest BCUT2D eigenvalue weighted by Crippen LogP contribution is -2.44. The van der Waals surface area contributed by atoms with E-state index in [1.165, 1.54) is 30.9 Å². The van der Waals surface area contributed by atoms with Gasteiger partial charge >= 0.3 is 6.18 Å². The summed E-state index contributed by atoms with van der Waals surface area (Å²) in [5, 5.41) is 10.4. The van der Waals surface area contributed by atoms with Crippen LogP contribution >= 0.6 is 12.2 Å². The third-order valence-corrected chi connectivity index (χ3v) is 5.29. The van der Waals surface area contributed by atoms with Crippen LogP contribution in [-0.2, 0) is 11.0 Å². The summed E-state index contributed by atoms with van der Waals surface area (Å²) in [5.74, 6) is -3.00. The highest BCUT2D eigenvalue weighted by molar-refractivity contribution is 7.81. The van der Waals surface area contributed by atoms with E-state index in [2.05, 4.69) is 0 Å². The van der Waals surface area contributed by atoms with E-state index in [0.29, 0.717) is 6.07 Å². The molecule has 0 bridgehead atoms. The maximum atomic E-state index is 14.3. The molecule has 11 heteroatoms. The van der Waals surface area contributed by atoms with Crippen LogP contribution in [0.1, 0.15) is 39.4 Å². The number of thiocarbonyl (C=S) groups is 1. The first-order valence-electron chi connectivity index (χ1n) is 10.4. The van der Waals surface area contributed by atoms with E-state index in [1.54, 1.807) is 5.32 Å². The molecule has 2 amide bonds. The molecule has 3 rings (SSSR count). The summed E-state index contributed by atoms with van der Waals surface area (Å²) in [6.45, 7) is -0.0523. The monoisotopic (exact) mass is 467 g/mol. The highest BCUT2D eigenvalue weighted by atomic mass is 32.1. The molecular formula is C21H16F4N4O2S. The van der Waals surface area contributed by atoms with E-state index in [9.17, 15) is 27.2 Å². The first-order valence-corrected chi connectivity index (χ1v) is 9.32. The second-order valence-electron chi connectivity index (χ2n) is 7.28. The average Bonchev–Trinajstić information content (AvgIpc) is 2.90. The summed E-state index contributed by atoms with van der Waals surface area (Å²) in [6, 6.07) is 7.18. The van der Waals surface area contributed by atoms with Crippen molar-refractivity contribution in [3.05, 3.63) is 58.9 Å². The Balaban J connectivity index is 2.09. The van der Waals surface area contributed by atoms with Gasteiger partial charge < -0.3 is 10.2 Å². The van der Waals surface area contributed by atoms with Crippen LogP contribution in [0, 0.1) is 17.1 Å². The number of nitrogens with one attached hydrogen (secondary N) is 1. The average molecular weight is 467 g/mol. The topological polar surface area (TPSA) is 76.4 Å². The fourth-order valence-corrected chi connectivity index (χ4v) is 3.88. The van der Waals surface area contributed by atoms with Crippen molar-refractivity contribution in [1.82, 2.24) is 5.32 Å². The van der Waals surface area contributed by atoms with Crippen molar-refractivity contribution in [1.29, 1.82) is 5.26 Å². The molecule has 0 aromatic heterocycles. The van der Waals surface area contributed by atoms with Gasteiger partial charge in [-0.25, -0.2) is 4.39 Å². The first kappa shape index (κ1) is 19.2. The van der Waals surface area contributed by atoms with Crippen LogP contribution in [0.25, 0.3) is 0 Å². The molecule has 6 nitrogen and oxygen atoms in total. The van der Waals surface area contributed by atoms with Gasteiger partial charge in [0.25, 0.3) is 11.8 Å². The van der Waals surface area contributed by atoms with E-state index in [-0.39, 0.29) is 16.5 Å². The van der Waals surface area contributed by atoms with Gasteiger partial charge in [0.15, 0.2) is 5.11 Å². The molecule has 1 saturated heterocycles. The Morgan fingerprint density at radius 2 is 1.88 bits per heavy atom. The predicted molar refractivity (Wildman–Crippen MR) is 113 cm³/mol. The summed E-state index contributed by atoms with van der Waals surface area (Å²) >= 11 is 5.38. The lowest BCUT2D eigenvalue weighted by Gasteiger charge is -2.29. The van der Waals surface area contributed by atoms with E-state index >= 15 is 0 Å². The molecule has 32 heavy (non-hydrogen) atoms. The van der Waals surface area contributed by atoms with Crippen molar-refractivity contribution in [2.75, 3.05) is 16.8 Å². The number of rotatable bonds is 3. The van der Waals surface area contributed by atoms with Crippen LogP contribution in [0.3, 0.4) is 0 Å². The largest absolute Gasteiger partial charge is 0.417 e. The van der Waals surface area contributed by atoms with Crippen molar-refractivity contribution in [2.45, 2.75) is 25.6 Å². The Morgan fingerprint density at radius 1 is 1.22 bits per heavy atom. The minimum Gasteiger partial charge on any atom is -0.355 e. The summed E-state index contributed by atoms with van der Waals surface area (Å²) < 4.78 is 76.1. The third kappa shape index (κ3) is 3.67. The number of hydrogen-bond acceptors (Lipinski definition) is 4. The van der Waals surface area contributed by atoms with E-state index in [1.807, 2.05) is 0 Å². The van der Waals surface area contributed by atoms with Crippen molar-refractivity contribution in [2.24, 2.45) is 0 Å². The molecule has 0 spiro atoms. The number of halogens is 4. The SMILES string of the molecule is [2H]C([2H])([2H])NC(=O)c1cc(N2C(=S)N(c3ccc(C#N)c(C(F)(F)F)c3)C(=O)C2(C)C)ccc1F. The van der Waals surface area contributed by atoms with Gasteiger partial charge in [-0.15, -0.1) is 0 Å². The van der Waals surface area contributed by atoms with E-state index < -0.39 is 53.0 Å². The number of carbonyl (C=O) groups excluding carboxylic acids is 2. The lowest BCUT2D eigenvalue weighted by molar-refractivity contribution is -0.137. The summed E-state index contributed by atoms with van der Waals surface area (Å²) in [6.07, 6.45) is -4.87.